The summed E-state index contributed by atoms with van der Waals surface area (Å²) in [4.78, 5) is 31.5. The summed E-state index contributed by atoms with van der Waals surface area (Å²) < 4.78 is 0. The first kappa shape index (κ1) is 19.1. The standard InChI is InChI=1S/C20H22N4O2/c1-16(25)24(19-5-3-18(15-21)4-6-19)14-10-20(26)23(2)13-9-17-7-11-22-12-8-17/h3-8,11-12H,9-10,13-14H2,1-2H3. The Morgan fingerprint density at radius 2 is 1.73 bits per heavy atom. The van der Waals surface area contributed by atoms with E-state index in [4.69, 9.17) is 5.26 Å². The molecule has 6 heteroatoms. The molecule has 0 aliphatic heterocycles. The molecule has 0 bridgehead atoms. The number of pyridine rings is 1. The smallest absolute Gasteiger partial charge is 0.224 e. The number of carbonyl (C=O) groups is 2. The first-order valence-electron chi connectivity index (χ1n) is 8.42. The highest BCUT2D eigenvalue weighted by molar-refractivity contribution is 5.92. The molecule has 0 N–H and O–H groups in total. The van der Waals surface area contributed by atoms with Crippen LogP contribution in [0.25, 0.3) is 0 Å². The van der Waals surface area contributed by atoms with Gasteiger partial charge in [-0.2, -0.15) is 5.26 Å². The summed E-state index contributed by atoms with van der Waals surface area (Å²) in [6.45, 7) is 2.38. The van der Waals surface area contributed by atoms with Crippen molar-refractivity contribution in [1.29, 1.82) is 5.26 Å². The van der Waals surface area contributed by atoms with Crippen LogP contribution in [-0.4, -0.2) is 41.8 Å². The Balaban J connectivity index is 1.89. The Morgan fingerprint density at radius 3 is 2.31 bits per heavy atom. The Labute approximate surface area is 153 Å². The lowest BCUT2D eigenvalue weighted by Gasteiger charge is -2.23. The van der Waals surface area contributed by atoms with Gasteiger partial charge in [-0.3, -0.25) is 14.6 Å². The van der Waals surface area contributed by atoms with Crippen LogP contribution >= 0.6 is 0 Å². The molecule has 0 saturated heterocycles. The van der Waals surface area contributed by atoms with Crippen molar-refractivity contribution in [3.63, 3.8) is 0 Å². The number of hydrogen-bond acceptors (Lipinski definition) is 4. The Hall–Kier alpha value is -3.20. The minimum Gasteiger partial charge on any atom is -0.345 e. The predicted molar refractivity (Wildman–Crippen MR) is 99.4 cm³/mol. The minimum atomic E-state index is -0.137. The van der Waals surface area contributed by atoms with Crippen LogP contribution in [0.3, 0.4) is 0 Å². The van der Waals surface area contributed by atoms with E-state index in [0.717, 1.165) is 12.0 Å². The summed E-state index contributed by atoms with van der Waals surface area (Å²) in [6, 6.07) is 12.7. The van der Waals surface area contributed by atoms with Gasteiger partial charge in [-0.25, -0.2) is 0 Å². The summed E-state index contributed by atoms with van der Waals surface area (Å²) >= 11 is 0. The zero-order valence-electron chi connectivity index (χ0n) is 15.1. The highest BCUT2D eigenvalue weighted by Gasteiger charge is 2.15. The highest BCUT2D eigenvalue weighted by atomic mass is 16.2. The van der Waals surface area contributed by atoms with Crippen molar-refractivity contribution >= 4 is 17.5 Å². The van der Waals surface area contributed by atoms with Crippen molar-refractivity contribution in [3.8, 4) is 6.07 Å². The van der Waals surface area contributed by atoms with Crippen molar-refractivity contribution < 1.29 is 9.59 Å². The fourth-order valence-electron chi connectivity index (χ4n) is 2.55. The molecule has 134 valence electrons. The fraction of sp³-hybridized carbons (Fsp3) is 0.300. The van der Waals surface area contributed by atoms with Crippen LogP contribution in [0.1, 0.15) is 24.5 Å². The number of likely N-dealkylation sites (N-methyl/N-ethyl adjacent to an activating group) is 1. The van der Waals surface area contributed by atoms with Crippen LogP contribution in [0.15, 0.2) is 48.8 Å². The molecule has 26 heavy (non-hydrogen) atoms. The van der Waals surface area contributed by atoms with E-state index in [1.54, 1.807) is 53.5 Å². The highest BCUT2D eigenvalue weighted by Crippen LogP contribution is 2.16. The van der Waals surface area contributed by atoms with Crippen LogP contribution in [-0.2, 0) is 16.0 Å². The number of nitriles is 1. The number of hydrogen-bond donors (Lipinski definition) is 0. The third kappa shape index (κ3) is 5.42. The number of anilines is 1. The molecule has 0 atom stereocenters. The van der Waals surface area contributed by atoms with Gasteiger partial charge in [-0.15, -0.1) is 0 Å². The normalized spacial score (nSPS) is 10.0. The van der Waals surface area contributed by atoms with Gasteiger partial charge >= 0.3 is 0 Å². The molecule has 2 aromatic rings. The van der Waals surface area contributed by atoms with Gasteiger partial charge in [-0.05, 0) is 48.4 Å². The van der Waals surface area contributed by atoms with Gasteiger partial charge in [0.2, 0.25) is 11.8 Å². The lowest BCUT2D eigenvalue weighted by atomic mass is 10.2. The monoisotopic (exact) mass is 350 g/mol. The second-order valence-electron chi connectivity index (χ2n) is 6.00. The first-order chi connectivity index (χ1) is 12.5. The Morgan fingerprint density at radius 1 is 1.08 bits per heavy atom. The van der Waals surface area contributed by atoms with E-state index in [1.807, 2.05) is 18.2 Å². The topological polar surface area (TPSA) is 77.3 Å². The second-order valence-corrected chi connectivity index (χ2v) is 6.00. The molecule has 0 spiro atoms. The van der Waals surface area contributed by atoms with E-state index in [0.29, 0.717) is 24.3 Å². The first-order valence-corrected chi connectivity index (χ1v) is 8.42. The third-order valence-electron chi connectivity index (χ3n) is 4.15. The Bertz CT molecular complexity index is 782. The van der Waals surface area contributed by atoms with Crippen molar-refractivity contribution in [2.45, 2.75) is 19.8 Å². The number of amides is 2. The maximum absolute atomic E-state index is 12.4. The van der Waals surface area contributed by atoms with Gasteiger partial charge in [0.05, 0.1) is 11.6 Å². The SMILES string of the molecule is CC(=O)N(CCC(=O)N(C)CCc1ccncc1)c1ccc(C#N)cc1. The minimum absolute atomic E-state index is 0.0149. The largest absolute Gasteiger partial charge is 0.345 e. The molecule has 0 fully saturated rings. The molecular weight excluding hydrogens is 328 g/mol. The van der Waals surface area contributed by atoms with Crippen LogP contribution in [0.2, 0.25) is 0 Å². The molecular formula is C20H22N4O2. The molecule has 1 aromatic carbocycles. The van der Waals surface area contributed by atoms with E-state index in [-0.39, 0.29) is 18.2 Å². The van der Waals surface area contributed by atoms with Crippen molar-refractivity contribution in [2.75, 3.05) is 25.0 Å². The van der Waals surface area contributed by atoms with Gasteiger partial charge in [0.1, 0.15) is 0 Å². The average Bonchev–Trinajstić information content (AvgIpc) is 2.67. The van der Waals surface area contributed by atoms with E-state index in [2.05, 4.69) is 4.98 Å². The molecule has 0 aliphatic carbocycles. The number of nitrogens with zero attached hydrogens (tertiary/aromatic N) is 4. The van der Waals surface area contributed by atoms with Gasteiger partial charge in [0.25, 0.3) is 0 Å². The summed E-state index contributed by atoms with van der Waals surface area (Å²) in [5.41, 5.74) is 2.34. The molecule has 0 radical (unpaired) electrons. The van der Waals surface area contributed by atoms with E-state index >= 15 is 0 Å². The zero-order valence-corrected chi connectivity index (χ0v) is 15.1. The zero-order chi connectivity index (χ0) is 18.9. The maximum Gasteiger partial charge on any atom is 0.224 e. The summed E-state index contributed by atoms with van der Waals surface area (Å²) in [6.07, 6.45) is 4.47. The van der Waals surface area contributed by atoms with Crippen LogP contribution in [0.4, 0.5) is 5.69 Å². The van der Waals surface area contributed by atoms with Crippen LogP contribution < -0.4 is 4.90 Å². The molecule has 1 heterocycles. The maximum atomic E-state index is 12.4. The summed E-state index contributed by atoms with van der Waals surface area (Å²) in [5.74, 6) is -0.152. The summed E-state index contributed by atoms with van der Waals surface area (Å²) in [7, 11) is 1.77. The quantitative estimate of drug-likeness (QED) is 0.768. The van der Waals surface area contributed by atoms with E-state index in [9.17, 15) is 9.59 Å². The number of benzene rings is 1. The van der Waals surface area contributed by atoms with Gasteiger partial charge in [0, 0.05) is 51.6 Å². The van der Waals surface area contributed by atoms with E-state index in [1.165, 1.54) is 6.92 Å². The fourth-order valence-corrected chi connectivity index (χ4v) is 2.55. The number of aromatic nitrogens is 1. The van der Waals surface area contributed by atoms with Crippen molar-refractivity contribution in [3.05, 3.63) is 59.9 Å². The number of carbonyl (C=O) groups excluding carboxylic acids is 2. The van der Waals surface area contributed by atoms with Crippen LogP contribution in [0.5, 0.6) is 0 Å². The van der Waals surface area contributed by atoms with Gasteiger partial charge in [-0.1, -0.05) is 0 Å². The average molecular weight is 350 g/mol. The summed E-state index contributed by atoms with van der Waals surface area (Å²) in [5, 5.41) is 8.86. The lowest BCUT2D eigenvalue weighted by molar-refractivity contribution is -0.129. The van der Waals surface area contributed by atoms with Gasteiger partial charge < -0.3 is 9.80 Å². The second kappa shape index (κ2) is 9.33. The molecule has 1 aromatic heterocycles. The van der Waals surface area contributed by atoms with Crippen molar-refractivity contribution in [1.82, 2.24) is 9.88 Å². The molecule has 0 unspecified atom stereocenters. The molecule has 2 amide bonds. The molecule has 2 rings (SSSR count). The predicted octanol–water partition coefficient (Wildman–Crippen LogP) is 2.40. The van der Waals surface area contributed by atoms with Crippen molar-refractivity contribution in [2.24, 2.45) is 0 Å². The third-order valence-corrected chi connectivity index (χ3v) is 4.15. The molecule has 6 nitrogen and oxygen atoms in total. The molecule has 0 aliphatic rings. The lowest BCUT2D eigenvalue weighted by Crippen LogP contribution is -2.35. The van der Waals surface area contributed by atoms with Crippen LogP contribution in [0, 0.1) is 11.3 Å². The van der Waals surface area contributed by atoms with E-state index < -0.39 is 0 Å². The Kier molecular flexibility index (Phi) is 6.86. The van der Waals surface area contributed by atoms with Gasteiger partial charge in [0.15, 0.2) is 0 Å². The number of rotatable bonds is 7. The molecule has 0 saturated carbocycles.